The zero-order chi connectivity index (χ0) is 40.4. The number of piperidine rings is 1. The van der Waals surface area contributed by atoms with E-state index in [4.69, 9.17) is 30.5 Å². The molecule has 2 aliphatic rings. The Morgan fingerprint density at radius 3 is 2.45 bits per heavy atom. The smallest absolute Gasteiger partial charge is 0.329 e. The van der Waals surface area contributed by atoms with Crippen molar-refractivity contribution < 1.29 is 42.9 Å². The summed E-state index contributed by atoms with van der Waals surface area (Å²) in [5.74, 6) is -0.749. The minimum absolute atomic E-state index is 0.0970. The zero-order valence-corrected chi connectivity index (χ0v) is 33.6. The van der Waals surface area contributed by atoms with Gasteiger partial charge in [0.1, 0.15) is 23.8 Å². The van der Waals surface area contributed by atoms with Crippen molar-refractivity contribution in [3.63, 3.8) is 0 Å². The first-order chi connectivity index (χ1) is 26.9. The van der Waals surface area contributed by atoms with Gasteiger partial charge in [-0.15, -0.1) is 11.6 Å². The highest BCUT2D eigenvalue weighted by molar-refractivity contribution is 6.38. The number of alkyl halides is 1. The molecule has 2 aliphatic heterocycles. The molecule has 13 heteroatoms. The SMILES string of the molecule is CCC(C)(C)C(=O)C(=O)N1CCCCC1C(=O)OC(CCc1ccc(OC)c(OC)c1)c1cccc(NC(=O)COc2ccc3c(c2)CCCN3C(=O)CCl)c1. The van der Waals surface area contributed by atoms with Crippen LogP contribution in [0.2, 0.25) is 0 Å². The number of carbonyl (C=O) groups excluding carboxylic acids is 5. The lowest BCUT2D eigenvalue weighted by atomic mass is 9.84. The summed E-state index contributed by atoms with van der Waals surface area (Å²) < 4.78 is 23.0. The largest absolute Gasteiger partial charge is 0.493 e. The van der Waals surface area contributed by atoms with Gasteiger partial charge in [-0.3, -0.25) is 19.2 Å². The topological polar surface area (TPSA) is 141 Å². The van der Waals surface area contributed by atoms with Crippen molar-refractivity contribution in [2.24, 2.45) is 5.41 Å². The van der Waals surface area contributed by atoms with Crippen molar-refractivity contribution in [2.45, 2.75) is 84.3 Å². The van der Waals surface area contributed by atoms with Gasteiger partial charge in [-0.2, -0.15) is 0 Å². The number of carbonyl (C=O) groups is 5. The molecule has 0 saturated carbocycles. The zero-order valence-electron chi connectivity index (χ0n) is 32.9. The van der Waals surface area contributed by atoms with Gasteiger partial charge in [0.2, 0.25) is 11.7 Å². The van der Waals surface area contributed by atoms with Gasteiger partial charge in [-0.05, 0) is 111 Å². The lowest BCUT2D eigenvalue weighted by Crippen LogP contribution is -2.53. The van der Waals surface area contributed by atoms with Crippen LogP contribution in [0.5, 0.6) is 17.2 Å². The van der Waals surface area contributed by atoms with Crippen molar-refractivity contribution >= 4 is 52.4 Å². The van der Waals surface area contributed by atoms with Crippen LogP contribution < -0.4 is 24.4 Å². The Kier molecular flexibility index (Phi) is 14.4. The summed E-state index contributed by atoms with van der Waals surface area (Å²) in [6, 6.07) is 17.2. The monoisotopic (exact) mass is 789 g/mol. The number of nitrogens with zero attached hydrogens (tertiary/aromatic N) is 2. The van der Waals surface area contributed by atoms with Crippen LogP contribution in [0.25, 0.3) is 0 Å². The van der Waals surface area contributed by atoms with E-state index >= 15 is 0 Å². The molecule has 2 atom stereocenters. The van der Waals surface area contributed by atoms with E-state index in [9.17, 15) is 24.0 Å². The Hall–Kier alpha value is -5.10. The molecule has 0 aromatic heterocycles. The number of methoxy groups -OCH3 is 2. The van der Waals surface area contributed by atoms with Crippen LogP contribution in [0.1, 0.15) is 82.1 Å². The van der Waals surface area contributed by atoms with Crippen LogP contribution in [0.3, 0.4) is 0 Å². The van der Waals surface area contributed by atoms with Crippen molar-refractivity contribution in [3.05, 3.63) is 77.4 Å². The van der Waals surface area contributed by atoms with Crippen molar-refractivity contribution in [1.29, 1.82) is 0 Å². The molecule has 1 saturated heterocycles. The van der Waals surface area contributed by atoms with E-state index in [1.807, 2.05) is 43.3 Å². The van der Waals surface area contributed by atoms with Crippen LogP contribution in [0.15, 0.2) is 60.7 Å². The third-order valence-electron chi connectivity index (χ3n) is 10.6. The maximum absolute atomic E-state index is 14.0. The summed E-state index contributed by atoms with van der Waals surface area (Å²) in [6.45, 7) is 5.97. The molecule has 300 valence electrons. The number of hydrogen-bond acceptors (Lipinski definition) is 9. The van der Waals surface area contributed by atoms with Gasteiger partial charge in [-0.1, -0.05) is 39.0 Å². The number of benzene rings is 3. The minimum Gasteiger partial charge on any atom is -0.493 e. The molecule has 56 heavy (non-hydrogen) atoms. The van der Waals surface area contributed by atoms with E-state index in [0.29, 0.717) is 80.1 Å². The molecule has 0 aliphatic carbocycles. The van der Waals surface area contributed by atoms with Gasteiger partial charge >= 0.3 is 5.97 Å². The number of hydrogen-bond donors (Lipinski definition) is 1. The highest BCUT2D eigenvalue weighted by Gasteiger charge is 2.41. The molecule has 0 spiro atoms. The summed E-state index contributed by atoms with van der Waals surface area (Å²) in [6.07, 6.45) is 3.96. The highest BCUT2D eigenvalue weighted by atomic mass is 35.5. The predicted octanol–water partition coefficient (Wildman–Crippen LogP) is 6.84. The Morgan fingerprint density at radius 1 is 0.929 bits per heavy atom. The fourth-order valence-electron chi connectivity index (χ4n) is 7.00. The average molecular weight is 790 g/mol. The number of rotatable bonds is 16. The summed E-state index contributed by atoms with van der Waals surface area (Å²) in [5.41, 5.74) is 2.94. The van der Waals surface area contributed by atoms with E-state index in [-0.39, 0.29) is 18.4 Å². The van der Waals surface area contributed by atoms with Gasteiger partial charge in [0.25, 0.3) is 11.8 Å². The fourth-order valence-corrected chi connectivity index (χ4v) is 7.15. The van der Waals surface area contributed by atoms with E-state index in [1.165, 1.54) is 4.90 Å². The first-order valence-electron chi connectivity index (χ1n) is 19.2. The summed E-state index contributed by atoms with van der Waals surface area (Å²) in [4.78, 5) is 69.1. The second-order valence-electron chi connectivity index (χ2n) is 14.8. The number of amides is 3. The van der Waals surface area contributed by atoms with Crippen LogP contribution in [-0.4, -0.2) is 80.2 Å². The molecule has 3 aromatic rings. The quantitative estimate of drug-likeness (QED) is 0.0938. The second-order valence-corrected chi connectivity index (χ2v) is 15.0. The lowest BCUT2D eigenvalue weighted by molar-refractivity contribution is -0.164. The molecule has 12 nitrogen and oxygen atoms in total. The Morgan fingerprint density at radius 2 is 1.71 bits per heavy atom. The van der Waals surface area contributed by atoms with Gasteiger partial charge in [0.05, 0.1) is 14.2 Å². The molecule has 2 heterocycles. The van der Waals surface area contributed by atoms with Gasteiger partial charge < -0.3 is 34.1 Å². The standard InChI is InChI=1S/C43H52ClN3O9/c1-6-43(2,3)40(50)41(51)47-21-8-7-14-34(47)42(52)56-35(19-15-28-16-20-36(53-4)37(23-28)54-5)30-11-9-13-31(24-30)45-38(48)27-55-32-17-18-33-29(25-32)12-10-22-46(33)39(49)26-44/h9,11,13,16-18,20,23-25,34-35H,6-8,10,12,14-15,19,21-22,26-27H2,1-5H3,(H,45,48). The number of likely N-dealkylation sites (tertiary alicyclic amines) is 1. The van der Waals surface area contributed by atoms with Gasteiger partial charge in [-0.25, -0.2) is 4.79 Å². The van der Waals surface area contributed by atoms with Crippen LogP contribution in [-0.2, 0) is 41.6 Å². The third kappa shape index (κ3) is 10.2. The average Bonchev–Trinajstić information content (AvgIpc) is 3.22. The Bertz CT molecular complexity index is 1910. The molecule has 0 bridgehead atoms. The number of nitrogens with one attached hydrogen (secondary N) is 1. The summed E-state index contributed by atoms with van der Waals surface area (Å²) >= 11 is 5.80. The maximum atomic E-state index is 14.0. The lowest BCUT2D eigenvalue weighted by Gasteiger charge is -2.36. The number of fused-ring (bicyclic) bond motifs is 1. The van der Waals surface area contributed by atoms with E-state index in [0.717, 1.165) is 29.7 Å². The molecule has 0 radical (unpaired) electrons. The number of esters is 1. The van der Waals surface area contributed by atoms with Crippen LogP contribution in [0, 0.1) is 5.41 Å². The molecule has 3 amide bonds. The van der Waals surface area contributed by atoms with Crippen LogP contribution in [0.4, 0.5) is 11.4 Å². The van der Waals surface area contributed by atoms with Crippen molar-refractivity contribution in [2.75, 3.05) is 50.0 Å². The maximum Gasteiger partial charge on any atom is 0.329 e. The molecular formula is C43H52ClN3O9. The number of aryl methyl sites for hydroxylation is 2. The van der Waals surface area contributed by atoms with E-state index in [2.05, 4.69) is 5.32 Å². The molecule has 3 aromatic carbocycles. The number of halogens is 1. The minimum atomic E-state index is -0.899. The molecule has 2 unspecified atom stereocenters. The normalized spacial score (nSPS) is 15.9. The first kappa shape index (κ1) is 42.1. The number of Topliss-reactive ketones (excluding diaryl/α,β-unsaturated/α-hetero) is 1. The second kappa shape index (κ2) is 19.2. The highest BCUT2D eigenvalue weighted by Crippen LogP contribution is 2.34. The summed E-state index contributed by atoms with van der Waals surface area (Å²) in [5, 5.41) is 2.88. The van der Waals surface area contributed by atoms with Crippen molar-refractivity contribution in [1.82, 2.24) is 4.90 Å². The molecule has 5 rings (SSSR count). The van der Waals surface area contributed by atoms with Gasteiger partial charge in [0, 0.05) is 29.9 Å². The van der Waals surface area contributed by atoms with Crippen molar-refractivity contribution in [3.8, 4) is 17.2 Å². The molecule has 1 N–H and O–H groups in total. The Balaban J connectivity index is 1.32. The summed E-state index contributed by atoms with van der Waals surface area (Å²) in [7, 11) is 3.13. The predicted molar refractivity (Wildman–Crippen MR) is 214 cm³/mol. The van der Waals surface area contributed by atoms with E-state index in [1.54, 1.807) is 57.2 Å². The van der Waals surface area contributed by atoms with E-state index < -0.39 is 41.1 Å². The molecule has 1 fully saturated rings. The fraction of sp³-hybridized carbons (Fsp3) is 0.465. The van der Waals surface area contributed by atoms with Gasteiger partial charge in [0.15, 0.2) is 18.1 Å². The third-order valence-corrected chi connectivity index (χ3v) is 10.9. The Labute approximate surface area is 333 Å². The number of anilines is 2. The van der Waals surface area contributed by atoms with Crippen LogP contribution >= 0.6 is 11.6 Å². The number of ketones is 1. The number of ether oxygens (including phenoxy) is 4. The molecular weight excluding hydrogens is 738 g/mol. The first-order valence-corrected chi connectivity index (χ1v) is 19.7.